The summed E-state index contributed by atoms with van der Waals surface area (Å²) in [6, 6.07) is 7.24. The van der Waals surface area contributed by atoms with E-state index in [0.29, 0.717) is 24.8 Å². The molecule has 6 nitrogen and oxygen atoms in total. The largest absolute Gasteiger partial charge is 0.497 e. The molecule has 132 valence electrons. The van der Waals surface area contributed by atoms with Crippen molar-refractivity contribution < 1.29 is 19.1 Å². The Kier molecular flexibility index (Phi) is 6.90. The number of hydrogen-bond donors (Lipinski definition) is 1. The maximum absolute atomic E-state index is 12.1. The lowest BCUT2D eigenvalue weighted by Gasteiger charge is -2.30. The van der Waals surface area contributed by atoms with Gasteiger partial charge in [-0.1, -0.05) is 6.92 Å². The van der Waals surface area contributed by atoms with Crippen molar-refractivity contribution in [3.05, 3.63) is 24.3 Å². The van der Waals surface area contributed by atoms with Gasteiger partial charge in [-0.15, -0.1) is 0 Å². The summed E-state index contributed by atoms with van der Waals surface area (Å²) in [5.74, 6) is 1.80. The SMILES string of the molecule is COc1ccc(OCCNC(=O)CC(=O)N2CCC(C)CC2)cc1. The number of benzene rings is 1. The number of ether oxygens (including phenoxy) is 2. The molecule has 1 fully saturated rings. The summed E-state index contributed by atoms with van der Waals surface area (Å²) < 4.78 is 10.6. The van der Waals surface area contributed by atoms with Crippen molar-refractivity contribution in [2.24, 2.45) is 5.92 Å². The highest BCUT2D eigenvalue weighted by Gasteiger charge is 2.21. The number of likely N-dealkylation sites (tertiary alicyclic amines) is 1. The Morgan fingerprint density at radius 2 is 1.79 bits per heavy atom. The second kappa shape index (κ2) is 9.15. The van der Waals surface area contributed by atoms with Gasteiger partial charge in [0.25, 0.3) is 0 Å². The lowest BCUT2D eigenvalue weighted by molar-refractivity contribution is -0.137. The second-order valence-electron chi connectivity index (χ2n) is 6.11. The molecule has 1 aliphatic rings. The van der Waals surface area contributed by atoms with E-state index in [4.69, 9.17) is 9.47 Å². The molecule has 0 atom stereocenters. The highest BCUT2D eigenvalue weighted by atomic mass is 16.5. The number of carbonyl (C=O) groups excluding carboxylic acids is 2. The fourth-order valence-corrected chi connectivity index (χ4v) is 2.60. The van der Waals surface area contributed by atoms with Crippen molar-refractivity contribution in [2.75, 3.05) is 33.4 Å². The van der Waals surface area contributed by atoms with Gasteiger partial charge in [0.1, 0.15) is 24.5 Å². The molecule has 1 N–H and O–H groups in total. The van der Waals surface area contributed by atoms with Crippen molar-refractivity contribution in [1.29, 1.82) is 0 Å². The smallest absolute Gasteiger partial charge is 0.232 e. The number of nitrogens with one attached hydrogen (secondary N) is 1. The van der Waals surface area contributed by atoms with Crippen LogP contribution in [-0.4, -0.2) is 50.1 Å². The van der Waals surface area contributed by atoms with Crippen LogP contribution >= 0.6 is 0 Å². The van der Waals surface area contributed by atoms with Crippen molar-refractivity contribution in [3.63, 3.8) is 0 Å². The number of piperidine rings is 1. The monoisotopic (exact) mass is 334 g/mol. The average Bonchev–Trinajstić information content (AvgIpc) is 2.59. The lowest BCUT2D eigenvalue weighted by atomic mass is 9.99. The number of hydrogen-bond acceptors (Lipinski definition) is 4. The zero-order valence-corrected chi connectivity index (χ0v) is 14.4. The van der Waals surface area contributed by atoms with Gasteiger partial charge in [-0.2, -0.15) is 0 Å². The lowest BCUT2D eigenvalue weighted by Crippen LogP contribution is -2.40. The minimum Gasteiger partial charge on any atom is -0.497 e. The molecule has 0 aromatic heterocycles. The predicted octanol–water partition coefficient (Wildman–Crippen LogP) is 1.84. The minimum absolute atomic E-state index is 0.0864. The molecule has 2 amide bonds. The first-order chi connectivity index (χ1) is 11.6. The zero-order valence-electron chi connectivity index (χ0n) is 14.4. The Labute approximate surface area is 143 Å². The number of amides is 2. The number of nitrogens with zero attached hydrogens (tertiary/aromatic N) is 1. The molecule has 1 aromatic carbocycles. The first-order valence-corrected chi connectivity index (χ1v) is 8.40. The third kappa shape index (κ3) is 5.76. The van der Waals surface area contributed by atoms with E-state index in [1.807, 2.05) is 24.3 Å². The molecule has 1 saturated heterocycles. The van der Waals surface area contributed by atoms with E-state index in [1.165, 1.54) is 0 Å². The molecule has 0 bridgehead atoms. The molecule has 24 heavy (non-hydrogen) atoms. The fourth-order valence-electron chi connectivity index (χ4n) is 2.60. The van der Waals surface area contributed by atoms with Crippen LogP contribution in [0.2, 0.25) is 0 Å². The van der Waals surface area contributed by atoms with Crippen LogP contribution in [0, 0.1) is 5.92 Å². The molecule has 1 aliphatic heterocycles. The summed E-state index contributed by atoms with van der Waals surface area (Å²) in [6.07, 6.45) is 1.95. The van der Waals surface area contributed by atoms with Gasteiger partial charge in [0.2, 0.25) is 11.8 Å². The van der Waals surface area contributed by atoms with Crippen molar-refractivity contribution in [3.8, 4) is 11.5 Å². The number of rotatable bonds is 7. The topological polar surface area (TPSA) is 67.9 Å². The van der Waals surface area contributed by atoms with Crippen LogP contribution in [0.15, 0.2) is 24.3 Å². The van der Waals surface area contributed by atoms with Crippen molar-refractivity contribution >= 4 is 11.8 Å². The van der Waals surface area contributed by atoms with E-state index in [2.05, 4.69) is 12.2 Å². The normalized spacial score (nSPS) is 15.0. The van der Waals surface area contributed by atoms with Crippen LogP contribution in [0.4, 0.5) is 0 Å². The maximum Gasteiger partial charge on any atom is 0.232 e. The highest BCUT2D eigenvalue weighted by molar-refractivity contribution is 5.96. The third-order valence-corrected chi connectivity index (χ3v) is 4.20. The van der Waals surface area contributed by atoms with Gasteiger partial charge in [-0.05, 0) is 43.0 Å². The Balaban J connectivity index is 1.61. The van der Waals surface area contributed by atoms with Gasteiger partial charge in [0.15, 0.2) is 0 Å². The van der Waals surface area contributed by atoms with Gasteiger partial charge < -0.3 is 19.7 Å². The average molecular weight is 334 g/mol. The molecule has 6 heteroatoms. The molecule has 0 radical (unpaired) electrons. The van der Waals surface area contributed by atoms with E-state index in [-0.39, 0.29) is 18.2 Å². The number of methoxy groups -OCH3 is 1. The summed E-state index contributed by atoms with van der Waals surface area (Å²) in [5.41, 5.74) is 0. The molecule has 1 aromatic rings. The molecular weight excluding hydrogens is 308 g/mol. The third-order valence-electron chi connectivity index (χ3n) is 4.20. The predicted molar refractivity (Wildman–Crippen MR) is 91.1 cm³/mol. The fraction of sp³-hybridized carbons (Fsp3) is 0.556. The summed E-state index contributed by atoms with van der Waals surface area (Å²) >= 11 is 0. The van der Waals surface area contributed by atoms with E-state index < -0.39 is 0 Å². The van der Waals surface area contributed by atoms with Crippen molar-refractivity contribution in [2.45, 2.75) is 26.2 Å². The Hall–Kier alpha value is -2.24. The van der Waals surface area contributed by atoms with Gasteiger partial charge in [-0.3, -0.25) is 9.59 Å². The van der Waals surface area contributed by atoms with Gasteiger partial charge in [0.05, 0.1) is 13.7 Å². The zero-order chi connectivity index (χ0) is 17.4. The summed E-state index contributed by atoms with van der Waals surface area (Å²) in [6.45, 7) is 4.43. The van der Waals surface area contributed by atoms with Crippen LogP contribution < -0.4 is 14.8 Å². The Bertz CT molecular complexity index is 536. The Morgan fingerprint density at radius 1 is 1.17 bits per heavy atom. The van der Waals surface area contributed by atoms with E-state index in [1.54, 1.807) is 12.0 Å². The summed E-state index contributed by atoms with van der Waals surface area (Å²) in [5, 5.41) is 2.72. The number of carbonyl (C=O) groups is 2. The molecule has 1 heterocycles. The standard InChI is InChI=1S/C18H26N2O4/c1-14-7-10-20(11-8-14)18(22)13-17(21)19-9-12-24-16-5-3-15(23-2)4-6-16/h3-6,14H,7-13H2,1-2H3,(H,19,21). The van der Waals surface area contributed by atoms with Gasteiger partial charge in [0, 0.05) is 13.1 Å². The highest BCUT2D eigenvalue weighted by Crippen LogP contribution is 2.17. The van der Waals surface area contributed by atoms with Crippen LogP contribution in [0.3, 0.4) is 0 Å². The van der Waals surface area contributed by atoms with Gasteiger partial charge >= 0.3 is 0 Å². The molecular formula is C18H26N2O4. The molecule has 0 spiro atoms. The van der Waals surface area contributed by atoms with E-state index in [9.17, 15) is 9.59 Å². The van der Waals surface area contributed by atoms with Gasteiger partial charge in [-0.25, -0.2) is 0 Å². The molecule has 0 aliphatic carbocycles. The summed E-state index contributed by atoms with van der Waals surface area (Å²) in [7, 11) is 1.61. The Morgan fingerprint density at radius 3 is 2.42 bits per heavy atom. The first-order valence-electron chi connectivity index (χ1n) is 8.40. The molecule has 0 saturated carbocycles. The minimum atomic E-state index is -0.253. The quantitative estimate of drug-likeness (QED) is 0.610. The maximum atomic E-state index is 12.1. The van der Waals surface area contributed by atoms with E-state index >= 15 is 0 Å². The van der Waals surface area contributed by atoms with Crippen LogP contribution in [0.5, 0.6) is 11.5 Å². The first kappa shape index (κ1) is 18.1. The van der Waals surface area contributed by atoms with Crippen molar-refractivity contribution in [1.82, 2.24) is 10.2 Å². The van der Waals surface area contributed by atoms with E-state index in [0.717, 1.165) is 31.7 Å². The molecule has 2 rings (SSSR count). The van der Waals surface area contributed by atoms with Crippen LogP contribution in [0.25, 0.3) is 0 Å². The van der Waals surface area contributed by atoms with Crippen LogP contribution in [0.1, 0.15) is 26.2 Å². The summed E-state index contributed by atoms with van der Waals surface area (Å²) in [4.78, 5) is 25.7. The second-order valence-corrected chi connectivity index (χ2v) is 6.11. The molecule has 0 unspecified atom stereocenters. The van der Waals surface area contributed by atoms with Crippen LogP contribution in [-0.2, 0) is 9.59 Å².